The van der Waals surface area contributed by atoms with Gasteiger partial charge in [0.05, 0.1) is 23.4 Å². The third-order valence-electron chi connectivity index (χ3n) is 5.55. The maximum absolute atomic E-state index is 13.6. The lowest BCUT2D eigenvalue weighted by atomic mass is 10.00. The number of ether oxygens (including phenoxy) is 1. The quantitative estimate of drug-likeness (QED) is 0.424. The zero-order valence-corrected chi connectivity index (χ0v) is 18.4. The molecule has 4 rings (SSSR count). The first-order valence-electron chi connectivity index (χ1n) is 10.6. The lowest BCUT2D eigenvalue weighted by Gasteiger charge is -2.27. The highest BCUT2D eigenvalue weighted by atomic mass is 19.4. The summed E-state index contributed by atoms with van der Waals surface area (Å²) in [5.41, 5.74) is -1.46. The summed E-state index contributed by atoms with van der Waals surface area (Å²) in [6, 6.07) is 8.44. The van der Waals surface area contributed by atoms with Crippen molar-refractivity contribution < 1.29 is 35.9 Å². The summed E-state index contributed by atoms with van der Waals surface area (Å²) in [4.78, 5) is 23.1. The van der Waals surface area contributed by atoms with Gasteiger partial charge in [-0.25, -0.2) is 9.97 Å². The SMILES string of the molecule is Cc1ccccc1-c1ncnc2c1C(=O)N(Cc1cc(C(F)(F)F)cc(C(F)(F)F)c1)CCCO2. The number of carbonyl (C=O) groups excluding carboxylic acids is 1. The Morgan fingerprint density at radius 1 is 0.971 bits per heavy atom. The van der Waals surface area contributed by atoms with Crippen LogP contribution >= 0.6 is 0 Å². The number of hydrogen-bond donors (Lipinski definition) is 0. The van der Waals surface area contributed by atoms with E-state index in [1.807, 2.05) is 13.0 Å². The predicted octanol–water partition coefficient (Wildman–Crippen LogP) is 5.91. The van der Waals surface area contributed by atoms with Crippen LogP contribution in [0.2, 0.25) is 0 Å². The predicted molar refractivity (Wildman–Crippen MR) is 114 cm³/mol. The molecular weight excluding hydrogens is 476 g/mol. The van der Waals surface area contributed by atoms with E-state index in [0.29, 0.717) is 24.1 Å². The van der Waals surface area contributed by atoms with Crippen LogP contribution in [0.15, 0.2) is 48.8 Å². The second-order valence-corrected chi connectivity index (χ2v) is 8.06. The zero-order chi connectivity index (χ0) is 25.4. The van der Waals surface area contributed by atoms with Gasteiger partial charge in [-0.3, -0.25) is 4.79 Å². The van der Waals surface area contributed by atoms with E-state index < -0.39 is 35.9 Å². The molecular formula is C24H19F6N3O2. The standard InChI is InChI=1S/C24H19F6N3O2/c1-14-5-2-3-6-18(14)20-19-21(32-13-31-20)35-8-4-7-33(22(19)34)12-15-9-16(23(25,26)27)11-17(10-15)24(28,29)30/h2-3,5-6,9-11,13H,4,7-8,12H2,1H3. The van der Waals surface area contributed by atoms with Crippen LogP contribution < -0.4 is 4.74 Å². The Labute approximate surface area is 196 Å². The molecule has 1 aromatic heterocycles. The minimum Gasteiger partial charge on any atom is -0.477 e. The van der Waals surface area contributed by atoms with Crippen LogP contribution in [0.25, 0.3) is 11.3 Å². The molecule has 3 aromatic rings. The van der Waals surface area contributed by atoms with Crippen LogP contribution in [0.4, 0.5) is 26.3 Å². The van der Waals surface area contributed by atoms with Crippen molar-refractivity contribution in [3.05, 3.63) is 76.6 Å². The first-order chi connectivity index (χ1) is 16.4. The monoisotopic (exact) mass is 495 g/mol. The lowest BCUT2D eigenvalue weighted by molar-refractivity contribution is -0.143. The van der Waals surface area contributed by atoms with Crippen molar-refractivity contribution in [1.29, 1.82) is 0 Å². The number of rotatable bonds is 3. The molecule has 1 aliphatic heterocycles. The first-order valence-corrected chi connectivity index (χ1v) is 10.6. The molecule has 0 saturated carbocycles. The molecule has 0 spiro atoms. The Morgan fingerprint density at radius 2 is 1.63 bits per heavy atom. The van der Waals surface area contributed by atoms with Gasteiger partial charge in [0.1, 0.15) is 11.9 Å². The Bertz CT molecular complexity index is 1220. The molecule has 184 valence electrons. The van der Waals surface area contributed by atoms with E-state index in [4.69, 9.17) is 4.74 Å². The number of halogens is 6. The maximum atomic E-state index is 13.6. The molecule has 11 heteroatoms. The maximum Gasteiger partial charge on any atom is 0.416 e. The number of aryl methyl sites for hydroxylation is 1. The van der Waals surface area contributed by atoms with Crippen molar-refractivity contribution in [2.75, 3.05) is 13.2 Å². The van der Waals surface area contributed by atoms with E-state index in [1.54, 1.807) is 18.2 Å². The van der Waals surface area contributed by atoms with Crippen molar-refractivity contribution in [3.8, 4) is 17.1 Å². The first kappa shape index (κ1) is 24.5. The van der Waals surface area contributed by atoms with Gasteiger partial charge in [0.2, 0.25) is 5.88 Å². The summed E-state index contributed by atoms with van der Waals surface area (Å²) in [6.07, 6.45) is -8.42. The molecule has 2 heterocycles. The van der Waals surface area contributed by atoms with E-state index in [1.165, 1.54) is 11.2 Å². The molecule has 0 atom stereocenters. The largest absolute Gasteiger partial charge is 0.477 e. The molecule has 0 fully saturated rings. The minimum absolute atomic E-state index is 0.00419. The van der Waals surface area contributed by atoms with Crippen molar-refractivity contribution in [3.63, 3.8) is 0 Å². The fraction of sp³-hybridized carbons (Fsp3) is 0.292. The summed E-state index contributed by atoms with van der Waals surface area (Å²) in [6.45, 7) is 1.56. The highest BCUT2D eigenvalue weighted by molar-refractivity contribution is 6.02. The highest BCUT2D eigenvalue weighted by Crippen LogP contribution is 2.37. The summed E-state index contributed by atoms with van der Waals surface area (Å²) in [7, 11) is 0. The normalized spacial score (nSPS) is 14.7. The molecule has 2 aromatic carbocycles. The van der Waals surface area contributed by atoms with Crippen molar-refractivity contribution >= 4 is 5.91 Å². The van der Waals surface area contributed by atoms with Gasteiger partial charge in [-0.1, -0.05) is 24.3 Å². The third-order valence-corrected chi connectivity index (χ3v) is 5.55. The fourth-order valence-electron chi connectivity index (χ4n) is 3.88. The van der Waals surface area contributed by atoms with E-state index in [-0.39, 0.29) is 41.9 Å². The molecule has 0 saturated heterocycles. The number of benzene rings is 2. The minimum atomic E-state index is -4.98. The summed E-state index contributed by atoms with van der Waals surface area (Å²) < 4.78 is 85.5. The van der Waals surface area contributed by atoms with Crippen LogP contribution in [0, 0.1) is 6.92 Å². The second kappa shape index (κ2) is 9.20. The Morgan fingerprint density at radius 3 is 2.26 bits per heavy atom. The summed E-state index contributed by atoms with van der Waals surface area (Å²) in [5, 5.41) is 0. The molecule has 1 aliphatic rings. The van der Waals surface area contributed by atoms with Gasteiger partial charge in [0.25, 0.3) is 5.91 Å². The molecule has 0 radical (unpaired) electrons. The number of hydrogen-bond acceptors (Lipinski definition) is 4. The Hall–Kier alpha value is -3.63. The average Bonchev–Trinajstić information content (AvgIpc) is 2.78. The highest BCUT2D eigenvalue weighted by Gasteiger charge is 2.37. The van der Waals surface area contributed by atoms with Gasteiger partial charge >= 0.3 is 12.4 Å². The second-order valence-electron chi connectivity index (χ2n) is 8.06. The van der Waals surface area contributed by atoms with Gasteiger partial charge in [-0.15, -0.1) is 0 Å². The molecule has 0 N–H and O–H groups in total. The van der Waals surface area contributed by atoms with Crippen LogP contribution in [0.3, 0.4) is 0 Å². The van der Waals surface area contributed by atoms with Crippen molar-refractivity contribution in [2.24, 2.45) is 0 Å². The Kier molecular flexibility index (Phi) is 6.44. The van der Waals surface area contributed by atoms with Gasteiger partial charge in [0.15, 0.2) is 0 Å². The summed E-state index contributed by atoms with van der Waals surface area (Å²) >= 11 is 0. The van der Waals surface area contributed by atoms with Gasteiger partial charge in [-0.05, 0) is 42.7 Å². The number of aromatic nitrogens is 2. The fourth-order valence-corrected chi connectivity index (χ4v) is 3.88. The number of fused-ring (bicyclic) bond motifs is 1. The van der Waals surface area contributed by atoms with Crippen molar-refractivity contribution in [1.82, 2.24) is 14.9 Å². The van der Waals surface area contributed by atoms with Crippen molar-refractivity contribution in [2.45, 2.75) is 32.2 Å². The van der Waals surface area contributed by atoms with Crippen LogP contribution in [-0.2, 0) is 18.9 Å². The molecule has 1 amide bonds. The van der Waals surface area contributed by atoms with Crippen LogP contribution in [0.5, 0.6) is 5.88 Å². The number of nitrogens with zero attached hydrogens (tertiary/aromatic N) is 3. The van der Waals surface area contributed by atoms with E-state index in [2.05, 4.69) is 9.97 Å². The molecule has 0 bridgehead atoms. The lowest BCUT2D eigenvalue weighted by Crippen LogP contribution is -2.35. The molecule has 0 unspecified atom stereocenters. The van der Waals surface area contributed by atoms with Gasteiger partial charge < -0.3 is 9.64 Å². The van der Waals surface area contributed by atoms with Crippen LogP contribution in [0.1, 0.15) is 39.0 Å². The van der Waals surface area contributed by atoms with Crippen LogP contribution in [-0.4, -0.2) is 33.9 Å². The van der Waals surface area contributed by atoms with E-state index in [0.717, 1.165) is 5.56 Å². The number of carbonyl (C=O) groups is 1. The van der Waals surface area contributed by atoms with Gasteiger partial charge in [-0.2, -0.15) is 26.3 Å². The zero-order valence-electron chi connectivity index (χ0n) is 18.4. The average molecular weight is 495 g/mol. The molecule has 35 heavy (non-hydrogen) atoms. The molecule has 5 nitrogen and oxygen atoms in total. The summed E-state index contributed by atoms with van der Waals surface area (Å²) in [5.74, 6) is -0.641. The van der Waals surface area contributed by atoms with E-state index >= 15 is 0 Å². The molecule has 0 aliphatic carbocycles. The Balaban J connectivity index is 1.78. The van der Waals surface area contributed by atoms with E-state index in [9.17, 15) is 31.1 Å². The van der Waals surface area contributed by atoms with Gasteiger partial charge in [0, 0.05) is 18.7 Å². The number of amides is 1. The topological polar surface area (TPSA) is 55.3 Å². The smallest absolute Gasteiger partial charge is 0.416 e. The number of alkyl halides is 6. The third kappa shape index (κ3) is 5.23.